The van der Waals surface area contributed by atoms with Gasteiger partial charge in [-0.05, 0) is 39.3 Å². The molecule has 1 N–H and O–H groups in total. The first-order valence-corrected chi connectivity index (χ1v) is 8.91. The zero-order chi connectivity index (χ0) is 20.0. The second-order valence-corrected chi connectivity index (χ2v) is 6.39. The van der Waals surface area contributed by atoms with Gasteiger partial charge in [0.2, 0.25) is 5.91 Å². The summed E-state index contributed by atoms with van der Waals surface area (Å²) < 4.78 is 10.2. The molecule has 2 rings (SSSR count). The molecule has 0 radical (unpaired) electrons. The summed E-state index contributed by atoms with van der Waals surface area (Å²) in [5.74, 6) is -0.519. The van der Waals surface area contributed by atoms with Crippen LogP contribution in [0.2, 0.25) is 0 Å². The number of methoxy groups -OCH3 is 1. The number of non-ortho nitro benzene ring substituents is 1. The van der Waals surface area contributed by atoms with Crippen LogP contribution in [0.3, 0.4) is 0 Å². The fourth-order valence-electron chi connectivity index (χ4n) is 3.11. The maximum absolute atomic E-state index is 12.6. The lowest BCUT2D eigenvalue weighted by Crippen LogP contribution is -2.48. The van der Waals surface area contributed by atoms with Crippen LogP contribution in [-0.4, -0.2) is 54.5 Å². The number of nitro groups is 1. The van der Waals surface area contributed by atoms with Crippen molar-refractivity contribution in [3.8, 4) is 5.75 Å². The van der Waals surface area contributed by atoms with Crippen LogP contribution in [0.25, 0.3) is 0 Å². The third-order valence-electron chi connectivity index (χ3n) is 4.65. The van der Waals surface area contributed by atoms with Crippen molar-refractivity contribution in [2.45, 2.75) is 32.7 Å². The summed E-state index contributed by atoms with van der Waals surface area (Å²) in [4.78, 5) is 36.9. The van der Waals surface area contributed by atoms with E-state index in [9.17, 15) is 19.7 Å². The van der Waals surface area contributed by atoms with Crippen molar-refractivity contribution in [1.29, 1.82) is 0 Å². The van der Waals surface area contributed by atoms with Gasteiger partial charge in [0.15, 0.2) is 0 Å². The average molecular weight is 379 g/mol. The maximum Gasteiger partial charge on any atom is 0.310 e. The highest BCUT2D eigenvalue weighted by molar-refractivity contribution is 5.96. The number of ether oxygens (including phenoxy) is 2. The molecule has 1 aliphatic rings. The van der Waals surface area contributed by atoms with E-state index in [1.807, 2.05) is 4.90 Å². The molecule has 2 atom stereocenters. The number of amides is 1. The van der Waals surface area contributed by atoms with Crippen LogP contribution in [0.15, 0.2) is 18.2 Å². The number of nitrogens with one attached hydrogen (secondary N) is 1. The Kier molecular flexibility index (Phi) is 7.12. The number of anilines is 1. The zero-order valence-corrected chi connectivity index (χ0v) is 15.8. The smallest absolute Gasteiger partial charge is 0.310 e. The van der Waals surface area contributed by atoms with E-state index >= 15 is 0 Å². The van der Waals surface area contributed by atoms with Gasteiger partial charge in [0, 0.05) is 12.6 Å². The van der Waals surface area contributed by atoms with E-state index in [4.69, 9.17) is 9.47 Å². The van der Waals surface area contributed by atoms with Gasteiger partial charge in [0.1, 0.15) is 5.75 Å². The number of rotatable bonds is 7. The highest BCUT2D eigenvalue weighted by Crippen LogP contribution is 2.29. The van der Waals surface area contributed by atoms with Crippen molar-refractivity contribution in [2.75, 3.05) is 32.1 Å². The van der Waals surface area contributed by atoms with Crippen molar-refractivity contribution in [3.63, 3.8) is 0 Å². The number of benzene rings is 1. The molecule has 1 aromatic carbocycles. The number of hydrogen-bond acceptors (Lipinski definition) is 7. The summed E-state index contributed by atoms with van der Waals surface area (Å²) in [5, 5.41) is 13.6. The topological polar surface area (TPSA) is 111 Å². The molecule has 0 saturated carbocycles. The molecule has 1 aromatic rings. The lowest BCUT2D eigenvalue weighted by molar-refractivity contribution is -0.384. The van der Waals surface area contributed by atoms with E-state index in [2.05, 4.69) is 5.32 Å². The lowest BCUT2D eigenvalue weighted by atomic mass is 9.97. The maximum atomic E-state index is 12.6. The Morgan fingerprint density at radius 1 is 1.44 bits per heavy atom. The summed E-state index contributed by atoms with van der Waals surface area (Å²) in [7, 11) is 1.38. The molecule has 1 amide bonds. The number of likely N-dealkylation sites (tertiary alicyclic amines) is 1. The van der Waals surface area contributed by atoms with Crippen LogP contribution in [0.1, 0.15) is 26.7 Å². The van der Waals surface area contributed by atoms with Gasteiger partial charge in [-0.15, -0.1) is 0 Å². The zero-order valence-electron chi connectivity index (χ0n) is 15.8. The average Bonchev–Trinajstić information content (AvgIpc) is 2.67. The largest absolute Gasteiger partial charge is 0.494 e. The minimum absolute atomic E-state index is 0.119. The lowest BCUT2D eigenvalue weighted by Gasteiger charge is -2.35. The van der Waals surface area contributed by atoms with Gasteiger partial charge < -0.3 is 14.8 Å². The molecule has 9 heteroatoms. The summed E-state index contributed by atoms with van der Waals surface area (Å²) in [6.07, 6.45) is 1.56. The van der Waals surface area contributed by atoms with E-state index in [0.29, 0.717) is 25.4 Å². The third-order valence-corrected chi connectivity index (χ3v) is 4.65. The first-order valence-electron chi connectivity index (χ1n) is 8.91. The van der Waals surface area contributed by atoms with E-state index in [0.717, 1.165) is 12.8 Å². The van der Waals surface area contributed by atoms with Gasteiger partial charge in [0.25, 0.3) is 5.69 Å². The highest BCUT2D eigenvalue weighted by atomic mass is 16.6. The fraction of sp³-hybridized carbons (Fsp3) is 0.556. The molecule has 0 bridgehead atoms. The second kappa shape index (κ2) is 9.31. The summed E-state index contributed by atoms with van der Waals surface area (Å²) in [6.45, 7) is 5.05. The quantitative estimate of drug-likeness (QED) is 0.439. The number of hydrogen-bond donors (Lipinski definition) is 1. The van der Waals surface area contributed by atoms with Crippen LogP contribution in [0.5, 0.6) is 5.75 Å². The van der Waals surface area contributed by atoms with Crippen molar-refractivity contribution in [1.82, 2.24) is 4.90 Å². The Bertz CT molecular complexity index is 708. The molecule has 9 nitrogen and oxygen atoms in total. The Morgan fingerprint density at radius 2 is 2.19 bits per heavy atom. The monoisotopic (exact) mass is 379 g/mol. The van der Waals surface area contributed by atoms with Crippen LogP contribution >= 0.6 is 0 Å². The van der Waals surface area contributed by atoms with Gasteiger partial charge >= 0.3 is 5.97 Å². The summed E-state index contributed by atoms with van der Waals surface area (Å²) in [6, 6.07) is 3.54. The van der Waals surface area contributed by atoms with E-state index in [1.165, 1.54) is 25.3 Å². The molecule has 0 aliphatic carbocycles. The third kappa shape index (κ3) is 5.16. The molecule has 148 valence electrons. The molecule has 0 unspecified atom stereocenters. The first-order chi connectivity index (χ1) is 12.9. The van der Waals surface area contributed by atoms with Crippen molar-refractivity contribution in [3.05, 3.63) is 28.3 Å². The van der Waals surface area contributed by atoms with E-state index in [-0.39, 0.29) is 29.2 Å². The minimum atomic E-state index is -0.528. The van der Waals surface area contributed by atoms with Crippen LogP contribution in [0.4, 0.5) is 11.4 Å². The number of carbonyl (C=O) groups is 2. The van der Waals surface area contributed by atoms with Gasteiger partial charge in [-0.1, -0.05) is 0 Å². The summed E-state index contributed by atoms with van der Waals surface area (Å²) in [5.41, 5.74) is 0.241. The number of piperidine rings is 1. The van der Waals surface area contributed by atoms with E-state index in [1.54, 1.807) is 13.8 Å². The van der Waals surface area contributed by atoms with Crippen molar-refractivity contribution >= 4 is 23.3 Å². The second-order valence-electron chi connectivity index (χ2n) is 6.39. The normalized spacial score (nSPS) is 18.4. The molecule has 1 heterocycles. The fourth-order valence-corrected chi connectivity index (χ4v) is 3.11. The van der Waals surface area contributed by atoms with Crippen molar-refractivity contribution < 1.29 is 24.0 Å². The number of nitro benzene ring substituents is 1. The Hall–Kier alpha value is -2.68. The van der Waals surface area contributed by atoms with Crippen LogP contribution < -0.4 is 10.1 Å². The summed E-state index contributed by atoms with van der Waals surface area (Å²) >= 11 is 0. The Balaban J connectivity index is 2.05. The minimum Gasteiger partial charge on any atom is -0.494 e. The van der Waals surface area contributed by atoms with Gasteiger partial charge in [-0.25, -0.2) is 0 Å². The van der Waals surface area contributed by atoms with Gasteiger partial charge in [0.05, 0.1) is 42.4 Å². The molecular formula is C18H25N3O6. The molecule has 1 saturated heterocycles. The number of nitrogens with zero attached hydrogens (tertiary/aromatic N) is 2. The van der Waals surface area contributed by atoms with Crippen molar-refractivity contribution in [2.24, 2.45) is 5.92 Å². The van der Waals surface area contributed by atoms with E-state index < -0.39 is 11.0 Å². The molecule has 1 fully saturated rings. The Morgan fingerprint density at radius 3 is 2.81 bits per heavy atom. The molecule has 1 aliphatic heterocycles. The SMILES string of the molecule is CCOC(=O)[C@@H]1CCCN([C@@H](C)C(=O)Nc2ccc([N+](=O)[O-])cc2OC)C1. The predicted octanol–water partition coefficient (Wildman–Crippen LogP) is 2.21. The molecule has 0 spiro atoms. The van der Waals surface area contributed by atoms with Gasteiger partial charge in [-0.3, -0.25) is 24.6 Å². The molecule has 0 aromatic heterocycles. The predicted molar refractivity (Wildman–Crippen MR) is 98.7 cm³/mol. The van der Waals surface area contributed by atoms with Crippen LogP contribution in [-0.2, 0) is 14.3 Å². The van der Waals surface area contributed by atoms with Crippen LogP contribution in [0, 0.1) is 16.0 Å². The van der Waals surface area contributed by atoms with Gasteiger partial charge in [-0.2, -0.15) is 0 Å². The standard InChI is InChI=1S/C18H25N3O6/c1-4-27-18(23)13-6-5-9-20(11-13)12(2)17(22)19-15-8-7-14(21(24)25)10-16(15)26-3/h7-8,10,12-13H,4-6,9,11H2,1-3H3,(H,19,22)/t12-,13+/m0/s1. The number of esters is 1. The number of carbonyl (C=O) groups excluding carboxylic acids is 2. The highest BCUT2D eigenvalue weighted by Gasteiger charge is 2.31. The Labute approximate surface area is 157 Å². The molecule has 27 heavy (non-hydrogen) atoms. The first kappa shape index (κ1) is 20.6. The molecular weight excluding hydrogens is 354 g/mol.